The molecule has 57 heavy (non-hydrogen) atoms. The van der Waals surface area contributed by atoms with Crippen molar-refractivity contribution < 1.29 is 8.83 Å². The lowest BCUT2D eigenvalue weighted by molar-refractivity contribution is 0.666. The molecule has 8 aromatic carbocycles. The molecule has 272 valence electrons. The zero-order valence-electron chi connectivity index (χ0n) is 31.6. The first kappa shape index (κ1) is 33.1. The molecule has 1 atom stereocenters. The zero-order chi connectivity index (χ0) is 38.0. The molecule has 0 N–H and O–H groups in total. The van der Waals surface area contributed by atoms with Crippen LogP contribution in [0.25, 0.3) is 82.1 Å². The number of aromatic nitrogens is 1. The van der Waals surface area contributed by atoms with E-state index in [0.29, 0.717) is 5.84 Å². The number of furan rings is 2. The van der Waals surface area contributed by atoms with E-state index in [2.05, 4.69) is 152 Å². The summed E-state index contributed by atoms with van der Waals surface area (Å²) in [6.07, 6.45) is 0.823. The second-order valence-electron chi connectivity index (χ2n) is 14.8. The van der Waals surface area contributed by atoms with Crippen LogP contribution in [0.15, 0.2) is 189 Å². The van der Waals surface area contributed by atoms with Crippen molar-refractivity contribution in [2.45, 2.75) is 26.3 Å². The molecule has 5 heteroatoms. The van der Waals surface area contributed by atoms with Crippen molar-refractivity contribution in [2.75, 3.05) is 0 Å². The Morgan fingerprint density at radius 1 is 0.561 bits per heavy atom. The van der Waals surface area contributed by atoms with Crippen molar-refractivity contribution in [3.63, 3.8) is 0 Å². The molecule has 5 nitrogen and oxygen atoms in total. The van der Waals surface area contributed by atoms with Crippen LogP contribution in [0.1, 0.15) is 43.0 Å². The third-order valence-electron chi connectivity index (χ3n) is 11.4. The van der Waals surface area contributed by atoms with E-state index in [-0.39, 0.29) is 6.04 Å². The van der Waals surface area contributed by atoms with Crippen molar-refractivity contribution in [3.8, 4) is 5.69 Å². The molecule has 0 radical (unpaired) electrons. The van der Waals surface area contributed by atoms with Gasteiger partial charge < -0.3 is 13.4 Å². The fraction of sp³-hybridized carbons (Fsp3) is 0.0769. The Hall–Kier alpha value is -7.24. The topological polar surface area (TPSA) is 55.9 Å². The standard InChI is InChI=1S/C52H37N3O2/c1-3-43(33-16-5-4-6-17-33)54-52(40-23-15-27-49-50(40)39-22-11-14-26-48(39)56-49)53-32(2)36-29-42-38-21-10-13-25-47(38)57-51(42)46(31-36)55-44-24-12-9-20-37(44)41-28-34-18-7-8-19-35(34)30-45(41)55/h4-31,43H,3H2,1-2H3. The van der Waals surface area contributed by atoms with Crippen LogP contribution in [0.2, 0.25) is 0 Å². The first-order valence-corrected chi connectivity index (χ1v) is 19.6. The number of fused-ring (bicyclic) bond motifs is 10. The van der Waals surface area contributed by atoms with E-state index in [9.17, 15) is 0 Å². The van der Waals surface area contributed by atoms with Gasteiger partial charge in [-0.1, -0.05) is 128 Å². The first-order valence-electron chi connectivity index (χ1n) is 19.6. The maximum absolute atomic E-state index is 6.78. The predicted molar refractivity (Wildman–Crippen MR) is 238 cm³/mol. The van der Waals surface area contributed by atoms with Gasteiger partial charge in [-0.25, -0.2) is 4.99 Å². The van der Waals surface area contributed by atoms with Gasteiger partial charge in [0.1, 0.15) is 16.7 Å². The minimum atomic E-state index is -0.0885. The van der Waals surface area contributed by atoms with Crippen LogP contribution < -0.4 is 0 Å². The number of benzene rings is 8. The lowest BCUT2D eigenvalue weighted by atomic mass is 10.0. The Morgan fingerprint density at radius 3 is 2.04 bits per heavy atom. The number of para-hydroxylation sites is 3. The van der Waals surface area contributed by atoms with E-state index in [4.69, 9.17) is 18.8 Å². The maximum atomic E-state index is 6.78. The highest BCUT2D eigenvalue weighted by atomic mass is 16.3. The monoisotopic (exact) mass is 735 g/mol. The fourth-order valence-electron chi connectivity index (χ4n) is 8.67. The van der Waals surface area contributed by atoms with E-state index in [0.717, 1.165) is 89.4 Å². The molecular formula is C52H37N3O2. The highest BCUT2D eigenvalue weighted by Crippen LogP contribution is 2.40. The Morgan fingerprint density at radius 2 is 1.23 bits per heavy atom. The molecule has 0 saturated heterocycles. The van der Waals surface area contributed by atoms with Crippen molar-refractivity contribution in [3.05, 3.63) is 187 Å². The van der Waals surface area contributed by atoms with Crippen molar-refractivity contribution in [2.24, 2.45) is 9.98 Å². The van der Waals surface area contributed by atoms with Crippen LogP contribution in [0.5, 0.6) is 0 Å². The molecule has 0 bridgehead atoms. The second kappa shape index (κ2) is 13.2. The zero-order valence-corrected chi connectivity index (χ0v) is 31.6. The number of amidine groups is 1. The smallest absolute Gasteiger partial charge is 0.159 e. The summed E-state index contributed by atoms with van der Waals surface area (Å²) in [7, 11) is 0. The van der Waals surface area contributed by atoms with Crippen LogP contribution >= 0.6 is 0 Å². The summed E-state index contributed by atoms with van der Waals surface area (Å²) in [6.45, 7) is 4.28. The van der Waals surface area contributed by atoms with E-state index in [1.54, 1.807) is 0 Å². The SMILES string of the molecule is CCC(N=C(N=C(C)c1cc(-n2c3ccccc3c3cc4ccccc4cc32)c2oc3ccccc3c2c1)c1cccc2oc3ccccc3c12)c1ccccc1. The molecule has 0 aliphatic carbocycles. The number of rotatable bonds is 6. The molecule has 0 fully saturated rings. The van der Waals surface area contributed by atoms with Gasteiger partial charge in [0, 0.05) is 43.6 Å². The van der Waals surface area contributed by atoms with Crippen LogP contribution in [0.3, 0.4) is 0 Å². The summed E-state index contributed by atoms with van der Waals surface area (Å²) in [6, 6.07) is 59.4. The highest BCUT2D eigenvalue weighted by molar-refractivity contribution is 6.22. The molecule has 0 aliphatic heterocycles. The minimum Gasteiger partial charge on any atom is -0.456 e. The van der Waals surface area contributed by atoms with Gasteiger partial charge in [-0.05, 0) is 83.8 Å². The molecule has 3 heterocycles. The van der Waals surface area contributed by atoms with Crippen molar-refractivity contribution >= 4 is 88.0 Å². The Labute approximate surface area is 328 Å². The largest absolute Gasteiger partial charge is 0.456 e. The third kappa shape index (κ3) is 5.38. The molecule has 11 aromatic rings. The summed E-state index contributed by atoms with van der Waals surface area (Å²) in [4.78, 5) is 11.0. The molecule has 3 aromatic heterocycles. The first-order chi connectivity index (χ1) is 28.1. The molecule has 1 unspecified atom stereocenters. The van der Waals surface area contributed by atoms with Gasteiger partial charge in [-0.3, -0.25) is 4.99 Å². The number of aliphatic imine (C=N–C) groups is 2. The van der Waals surface area contributed by atoms with Gasteiger partial charge in [-0.15, -0.1) is 0 Å². The number of hydrogen-bond acceptors (Lipinski definition) is 3. The van der Waals surface area contributed by atoms with Crippen LogP contribution in [0.4, 0.5) is 0 Å². The van der Waals surface area contributed by atoms with E-state index in [1.165, 1.54) is 21.5 Å². The lowest BCUT2D eigenvalue weighted by Gasteiger charge is -2.15. The maximum Gasteiger partial charge on any atom is 0.159 e. The van der Waals surface area contributed by atoms with Crippen molar-refractivity contribution in [1.82, 2.24) is 4.57 Å². The van der Waals surface area contributed by atoms with Gasteiger partial charge in [-0.2, -0.15) is 0 Å². The molecular weight excluding hydrogens is 699 g/mol. The van der Waals surface area contributed by atoms with Gasteiger partial charge in [0.15, 0.2) is 11.4 Å². The quantitative estimate of drug-likeness (QED) is 0.126. The number of hydrogen-bond donors (Lipinski definition) is 0. The second-order valence-corrected chi connectivity index (χ2v) is 14.8. The average molecular weight is 736 g/mol. The van der Waals surface area contributed by atoms with Crippen LogP contribution in [-0.2, 0) is 0 Å². The molecule has 0 aliphatic rings. The Kier molecular flexibility index (Phi) is 7.68. The van der Waals surface area contributed by atoms with Gasteiger partial charge in [0.05, 0.1) is 22.8 Å². The van der Waals surface area contributed by atoms with Gasteiger partial charge in [0.25, 0.3) is 0 Å². The Bertz CT molecular complexity index is 3420. The molecule has 0 amide bonds. The summed E-state index contributed by atoms with van der Waals surface area (Å²) >= 11 is 0. The normalized spacial score (nSPS) is 13.3. The summed E-state index contributed by atoms with van der Waals surface area (Å²) < 4.78 is 15.5. The van der Waals surface area contributed by atoms with E-state index in [1.807, 2.05) is 36.4 Å². The lowest BCUT2D eigenvalue weighted by Crippen LogP contribution is -2.08. The molecule has 11 rings (SSSR count). The molecule has 0 spiro atoms. The predicted octanol–water partition coefficient (Wildman–Crippen LogP) is 14.1. The van der Waals surface area contributed by atoms with Crippen LogP contribution in [-0.4, -0.2) is 16.1 Å². The summed E-state index contributed by atoms with van der Waals surface area (Å²) in [5.41, 5.74) is 10.5. The summed E-state index contributed by atoms with van der Waals surface area (Å²) in [5.74, 6) is 0.669. The van der Waals surface area contributed by atoms with E-state index < -0.39 is 0 Å². The van der Waals surface area contributed by atoms with E-state index >= 15 is 0 Å². The Balaban J connectivity index is 1.19. The van der Waals surface area contributed by atoms with Crippen molar-refractivity contribution in [1.29, 1.82) is 0 Å². The van der Waals surface area contributed by atoms with Gasteiger partial charge >= 0.3 is 0 Å². The third-order valence-corrected chi connectivity index (χ3v) is 11.4. The average Bonchev–Trinajstić information content (AvgIpc) is 3.94. The highest BCUT2D eigenvalue weighted by Gasteiger charge is 2.22. The fourth-order valence-corrected chi connectivity index (χ4v) is 8.67. The van der Waals surface area contributed by atoms with Crippen LogP contribution in [0, 0.1) is 0 Å². The number of nitrogens with zero attached hydrogens (tertiary/aromatic N) is 3. The minimum absolute atomic E-state index is 0.0885. The molecule has 0 saturated carbocycles. The summed E-state index contributed by atoms with van der Waals surface area (Å²) in [5, 5.41) is 8.96. The van der Waals surface area contributed by atoms with Gasteiger partial charge in [0.2, 0.25) is 0 Å².